The Morgan fingerprint density at radius 2 is 1.13 bits per heavy atom. The minimum atomic E-state index is -0.920. The molecule has 4 amide bonds. The lowest BCUT2D eigenvalue weighted by Crippen LogP contribution is -2.51. The average molecular weight is 767 g/mol. The number of thiocarbonyl (C=S) groups is 2. The molecule has 0 bridgehead atoms. The van der Waals surface area contributed by atoms with E-state index in [1.807, 2.05) is 89.5 Å². The van der Waals surface area contributed by atoms with Gasteiger partial charge in [-0.05, 0) is 118 Å². The topological polar surface area (TPSA) is 99.7 Å². The van der Waals surface area contributed by atoms with Crippen molar-refractivity contribution in [2.24, 2.45) is 0 Å². The van der Waals surface area contributed by atoms with Crippen LogP contribution in [-0.2, 0) is 32.1 Å². The van der Waals surface area contributed by atoms with Crippen LogP contribution in [0, 0.1) is 6.92 Å². The number of anilines is 2. The van der Waals surface area contributed by atoms with E-state index in [-0.39, 0.29) is 28.6 Å². The molecule has 2 heterocycles. The number of hydrogen-bond acceptors (Lipinski definition) is 8. The summed E-state index contributed by atoms with van der Waals surface area (Å²) in [5.74, 6) is -0.640. The summed E-state index contributed by atoms with van der Waals surface area (Å²) >= 11 is 11.6. The lowest BCUT2D eigenvalue weighted by molar-refractivity contribution is -0.131. The molecule has 4 fully saturated rings. The van der Waals surface area contributed by atoms with Gasteiger partial charge in [0.15, 0.2) is 10.2 Å². The number of nitrogens with zero attached hydrogens (tertiary/aromatic N) is 4. The van der Waals surface area contributed by atoms with Crippen molar-refractivity contribution in [3.05, 3.63) is 95.1 Å². The molecular formula is C42H46N4O6S2. The van der Waals surface area contributed by atoms with Crippen LogP contribution < -0.4 is 9.80 Å². The Hall–Kier alpha value is -4.68. The molecule has 282 valence electrons. The fourth-order valence-corrected chi connectivity index (χ4v) is 9.41. The predicted molar refractivity (Wildman–Crippen MR) is 214 cm³/mol. The van der Waals surface area contributed by atoms with Crippen molar-refractivity contribution in [1.82, 2.24) is 9.80 Å². The van der Waals surface area contributed by atoms with Crippen molar-refractivity contribution in [2.75, 3.05) is 9.80 Å². The maximum atomic E-state index is 14.1. The Labute approximate surface area is 327 Å². The summed E-state index contributed by atoms with van der Waals surface area (Å²) < 4.78 is 11.3. The third kappa shape index (κ3) is 6.68. The highest BCUT2D eigenvalue weighted by molar-refractivity contribution is 7.80. The van der Waals surface area contributed by atoms with Crippen LogP contribution in [0.15, 0.2) is 72.8 Å². The van der Waals surface area contributed by atoms with Gasteiger partial charge in [0, 0.05) is 11.4 Å². The van der Waals surface area contributed by atoms with E-state index in [1.165, 1.54) is 0 Å². The summed E-state index contributed by atoms with van der Waals surface area (Å²) in [6.45, 7) is 5.46. The third-order valence-corrected chi connectivity index (χ3v) is 12.0. The van der Waals surface area contributed by atoms with Gasteiger partial charge < -0.3 is 19.3 Å². The zero-order valence-electron chi connectivity index (χ0n) is 31.0. The molecule has 4 aliphatic rings. The first kappa shape index (κ1) is 37.6. The number of carbonyl (C=O) groups is 4. The van der Waals surface area contributed by atoms with Gasteiger partial charge in [0.05, 0.1) is 6.10 Å². The van der Waals surface area contributed by atoms with E-state index in [2.05, 4.69) is 0 Å². The van der Waals surface area contributed by atoms with E-state index in [9.17, 15) is 19.2 Å². The molecule has 0 radical (unpaired) electrons. The van der Waals surface area contributed by atoms with E-state index >= 15 is 0 Å². The molecule has 2 aliphatic carbocycles. The molecule has 0 aromatic heterocycles. The van der Waals surface area contributed by atoms with E-state index < -0.39 is 29.4 Å². The Kier molecular flexibility index (Phi) is 10.6. The van der Waals surface area contributed by atoms with Crippen LogP contribution in [0.4, 0.5) is 21.0 Å². The molecule has 3 aromatic rings. The molecule has 2 aliphatic heterocycles. The number of hydrogen-bond donors (Lipinski definition) is 0. The number of benzene rings is 3. The molecule has 2 saturated heterocycles. The largest absolute Gasteiger partial charge is 0.446 e. The Morgan fingerprint density at radius 3 is 1.63 bits per heavy atom. The molecule has 0 atom stereocenters. The number of aryl methyl sites for hydroxylation is 1. The molecular weight excluding hydrogens is 721 g/mol. The maximum absolute atomic E-state index is 14.1. The summed E-state index contributed by atoms with van der Waals surface area (Å²) in [7, 11) is 0. The van der Waals surface area contributed by atoms with Crippen LogP contribution in [0.25, 0.3) is 0 Å². The van der Waals surface area contributed by atoms with Crippen molar-refractivity contribution in [1.29, 1.82) is 0 Å². The summed E-state index contributed by atoms with van der Waals surface area (Å²) in [6.07, 6.45) is 6.61. The van der Waals surface area contributed by atoms with Gasteiger partial charge in [-0.3, -0.25) is 9.59 Å². The first-order valence-electron chi connectivity index (χ1n) is 18.9. The SMILES string of the molecule is Cc1ccc(N2C(=S)N(C(=O)OCc3ccccc3Cc3ccc(N4C(=S)N(C(=O)OC(C)C)C(=O)C45CCCCC5)cc3)C(=O)C23CCCCC3)cc1. The van der Waals surface area contributed by atoms with E-state index in [4.69, 9.17) is 33.9 Å². The normalized spacial score (nSPS) is 19.4. The first-order chi connectivity index (χ1) is 26.0. The van der Waals surface area contributed by atoms with Gasteiger partial charge in [-0.15, -0.1) is 0 Å². The Balaban J connectivity index is 1.07. The van der Waals surface area contributed by atoms with Crippen molar-refractivity contribution in [3.63, 3.8) is 0 Å². The second kappa shape index (κ2) is 15.2. The second-order valence-electron chi connectivity index (χ2n) is 15.1. The fraction of sp³-hybridized carbons (Fsp3) is 0.429. The van der Waals surface area contributed by atoms with E-state index in [1.54, 1.807) is 13.8 Å². The summed E-state index contributed by atoms with van der Waals surface area (Å²) in [5, 5.41) is 0.290. The van der Waals surface area contributed by atoms with Gasteiger partial charge >= 0.3 is 12.2 Å². The smallest absolute Gasteiger partial charge is 0.423 e. The van der Waals surface area contributed by atoms with Crippen LogP contribution >= 0.6 is 24.4 Å². The van der Waals surface area contributed by atoms with E-state index in [0.29, 0.717) is 32.1 Å². The molecule has 7 rings (SSSR count). The third-order valence-electron chi connectivity index (χ3n) is 11.2. The van der Waals surface area contributed by atoms with E-state index in [0.717, 1.165) is 82.0 Å². The zero-order chi connectivity index (χ0) is 38.2. The number of carbonyl (C=O) groups excluding carboxylic acids is 4. The van der Waals surface area contributed by atoms with Crippen molar-refractivity contribution >= 4 is 70.0 Å². The predicted octanol–water partition coefficient (Wildman–Crippen LogP) is 8.74. The zero-order valence-corrected chi connectivity index (χ0v) is 32.7. The van der Waals surface area contributed by atoms with Crippen molar-refractivity contribution in [2.45, 2.75) is 115 Å². The van der Waals surface area contributed by atoms with Crippen LogP contribution in [-0.4, -0.2) is 61.2 Å². The number of imide groups is 2. The summed E-state index contributed by atoms with van der Waals surface area (Å²) in [4.78, 5) is 60.5. The van der Waals surface area contributed by atoms with Crippen LogP contribution in [0.2, 0.25) is 0 Å². The Morgan fingerprint density at radius 1 is 0.667 bits per heavy atom. The highest BCUT2D eigenvalue weighted by Crippen LogP contribution is 2.45. The lowest BCUT2D eigenvalue weighted by Gasteiger charge is -2.39. The van der Waals surface area contributed by atoms with Gasteiger partial charge in [0.2, 0.25) is 0 Å². The summed E-state index contributed by atoms with van der Waals surface area (Å²) in [6, 6.07) is 23.5. The van der Waals surface area contributed by atoms with Crippen LogP contribution in [0.3, 0.4) is 0 Å². The number of amides is 4. The van der Waals surface area contributed by atoms with Gasteiger partial charge in [-0.1, -0.05) is 92.6 Å². The highest BCUT2D eigenvalue weighted by Gasteiger charge is 2.59. The maximum Gasteiger partial charge on any atom is 0.423 e. The first-order valence-corrected chi connectivity index (χ1v) is 19.8. The Bertz CT molecular complexity index is 1970. The molecule has 3 aromatic carbocycles. The minimum Gasteiger partial charge on any atom is -0.446 e. The molecule has 0 unspecified atom stereocenters. The number of ether oxygens (including phenoxy) is 2. The van der Waals surface area contributed by atoms with Gasteiger partial charge in [-0.25, -0.2) is 9.59 Å². The molecule has 12 heteroatoms. The molecule has 10 nitrogen and oxygen atoms in total. The van der Waals surface area contributed by atoms with Crippen LogP contribution in [0.5, 0.6) is 0 Å². The van der Waals surface area contributed by atoms with Gasteiger partial charge in [0.1, 0.15) is 17.7 Å². The molecule has 2 saturated carbocycles. The quantitative estimate of drug-likeness (QED) is 0.217. The monoisotopic (exact) mass is 766 g/mol. The van der Waals surface area contributed by atoms with Crippen molar-refractivity contribution in [3.8, 4) is 0 Å². The highest BCUT2D eigenvalue weighted by atomic mass is 32.1. The van der Waals surface area contributed by atoms with Crippen LogP contribution in [0.1, 0.15) is 100 Å². The molecule has 0 N–H and O–H groups in total. The van der Waals surface area contributed by atoms with Crippen molar-refractivity contribution < 1.29 is 28.7 Å². The minimum absolute atomic E-state index is 0.0357. The number of rotatable bonds is 7. The lowest BCUT2D eigenvalue weighted by atomic mass is 9.80. The van der Waals surface area contributed by atoms with Gasteiger partial charge in [-0.2, -0.15) is 9.80 Å². The molecule has 54 heavy (non-hydrogen) atoms. The fourth-order valence-electron chi connectivity index (χ4n) is 8.54. The molecule has 2 spiro atoms. The average Bonchev–Trinajstić information content (AvgIpc) is 3.49. The second-order valence-corrected chi connectivity index (χ2v) is 15.9. The summed E-state index contributed by atoms with van der Waals surface area (Å²) in [5.41, 5.74) is 3.57. The van der Waals surface area contributed by atoms with Gasteiger partial charge in [0.25, 0.3) is 11.8 Å². The standard InChI is InChI=1S/C42H46N4O6S2/c1-28(2)52-40(50)44-36(48)42(24-10-5-11-25-42)46(38(44)54)34-20-16-30(17-21-34)26-31-12-6-7-13-32(31)27-51-39(49)43-35(47)41(22-8-4-9-23-41)45(37(43)53)33-18-14-29(3)15-19-33/h6-7,12-21,28H,4-5,8-11,22-27H2,1-3H3.